The van der Waals surface area contributed by atoms with Crippen LogP contribution in [0.5, 0.6) is 11.5 Å². The quantitative estimate of drug-likeness (QED) is 0.773. The summed E-state index contributed by atoms with van der Waals surface area (Å²) in [5.74, 6) is 3.04. The molecular formula is C22H28N4O3. The van der Waals surface area contributed by atoms with Crippen LogP contribution in [-0.4, -0.2) is 59.5 Å². The summed E-state index contributed by atoms with van der Waals surface area (Å²) in [6, 6.07) is 5.98. The Morgan fingerprint density at radius 2 is 2.10 bits per heavy atom. The molecule has 3 heterocycles. The van der Waals surface area contributed by atoms with Gasteiger partial charge in [0.15, 0.2) is 0 Å². The second-order valence-corrected chi connectivity index (χ2v) is 7.79. The predicted molar refractivity (Wildman–Crippen MR) is 109 cm³/mol. The van der Waals surface area contributed by atoms with E-state index in [2.05, 4.69) is 16.0 Å². The van der Waals surface area contributed by atoms with Crippen LogP contribution in [0.2, 0.25) is 0 Å². The highest BCUT2D eigenvalue weighted by Crippen LogP contribution is 2.30. The highest BCUT2D eigenvalue weighted by atomic mass is 16.5. The van der Waals surface area contributed by atoms with Gasteiger partial charge in [0.1, 0.15) is 17.3 Å². The Kier molecular flexibility index (Phi) is 5.67. The Bertz CT molecular complexity index is 902. The molecule has 1 saturated heterocycles. The molecule has 1 fully saturated rings. The monoisotopic (exact) mass is 396 g/mol. The lowest BCUT2D eigenvalue weighted by atomic mass is 10.0. The van der Waals surface area contributed by atoms with Gasteiger partial charge in [-0.25, -0.2) is 9.97 Å². The maximum absolute atomic E-state index is 11.6. The minimum atomic E-state index is 0.111. The third-order valence-electron chi connectivity index (χ3n) is 5.92. The first-order valence-corrected chi connectivity index (χ1v) is 10.1. The molecular weight excluding hydrogens is 368 g/mol. The minimum Gasteiger partial charge on any atom is -0.497 e. The zero-order chi connectivity index (χ0) is 20.4. The Morgan fingerprint density at radius 3 is 2.86 bits per heavy atom. The van der Waals surface area contributed by atoms with E-state index in [0.717, 1.165) is 73.2 Å². The normalized spacial score (nSPS) is 19.1. The molecule has 29 heavy (non-hydrogen) atoms. The van der Waals surface area contributed by atoms with Crippen LogP contribution < -0.4 is 9.47 Å². The fourth-order valence-electron chi connectivity index (χ4n) is 4.21. The van der Waals surface area contributed by atoms with Crippen molar-refractivity contribution in [2.75, 3.05) is 33.9 Å². The van der Waals surface area contributed by atoms with Crippen LogP contribution in [0, 0.1) is 0 Å². The third kappa shape index (κ3) is 4.19. The van der Waals surface area contributed by atoms with Crippen molar-refractivity contribution in [3.05, 3.63) is 47.0 Å². The molecule has 2 aromatic rings. The number of fused-ring (bicyclic) bond motifs is 1. The van der Waals surface area contributed by atoms with Crippen LogP contribution in [0.1, 0.15) is 41.9 Å². The molecule has 0 bridgehead atoms. The zero-order valence-corrected chi connectivity index (χ0v) is 17.4. The van der Waals surface area contributed by atoms with Gasteiger partial charge in [-0.2, -0.15) is 0 Å². The standard InChI is InChI=1S/C22H28N4O3/c1-15(27)26-9-7-20-18(14-26)11-23-22(24-20)17-6-8-25(13-17)12-16-4-5-19(28-2)10-21(16)29-3/h4-5,10-11,17H,6-9,12-14H2,1-3H3/t17-/m0/s1. The number of methoxy groups -OCH3 is 2. The Balaban J connectivity index is 1.42. The number of ether oxygens (including phenoxy) is 2. The first-order valence-electron chi connectivity index (χ1n) is 10.1. The van der Waals surface area contributed by atoms with Gasteiger partial charge in [0.05, 0.1) is 19.9 Å². The number of rotatable bonds is 5. The van der Waals surface area contributed by atoms with Crippen molar-refractivity contribution in [1.82, 2.24) is 19.8 Å². The molecule has 0 radical (unpaired) electrons. The maximum atomic E-state index is 11.6. The van der Waals surface area contributed by atoms with Gasteiger partial charge in [-0.05, 0) is 19.0 Å². The average Bonchev–Trinajstić information content (AvgIpc) is 3.21. The highest BCUT2D eigenvalue weighted by Gasteiger charge is 2.28. The van der Waals surface area contributed by atoms with E-state index < -0.39 is 0 Å². The summed E-state index contributed by atoms with van der Waals surface area (Å²) in [4.78, 5) is 25.4. The molecule has 2 aliphatic heterocycles. The van der Waals surface area contributed by atoms with Crippen LogP contribution in [0.3, 0.4) is 0 Å². The van der Waals surface area contributed by atoms with Crippen molar-refractivity contribution >= 4 is 5.91 Å². The van der Waals surface area contributed by atoms with Crippen LogP contribution >= 0.6 is 0 Å². The summed E-state index contributed by atoms with van der Waals surface area (Å²) in [6.07, 6.45) is 3.78. The van der Waals surface area contributed by atoms with E-state index in [1.54, 1.807) is 21.1 Å². The number of benzene rings is 1. The molecule has 7 nitrogen and oxygen atoms in total. The van der Waals surface area contributed by atoms with E-state index in [9.17, 15) is 4.79 Å². The second-order valence-electron chi connectivity index (χ2n) is 7.79. The predicted octanol–water partition coefficient (Wildman–Crippen LogP) is 2.39. The van der Waals surface area contributed by atoms with Crippen LogP contribution in [0.15, 0.2) is 24.4 Å². The van der Waals surface area contributed by atoms with E-state index in [1.807, 2.05) is 23.2 Å². The van der Waals surface area contributed by atoms with Gasteiger partial charge in [0.2, 0.25) is 5.91 Å². The van der Waals surface area contributed by atoms with Gasteiger partial charge >= 0.3 is 0 Å². The van der Waals surface area contributed by atoms with Crippen molar-refractivity contribution in [3.8, 4) is 11.5 Å². The topological polar surface area (TPSA) is 67.8 Å². The molecule has 0 unspecified atom stereocenters. The summed E-state index contributed by atoms with van der Waals surface area (Å²) in [5, 5.41) is 0. The number of likely N-dealkylation sites (tertiary alicyclic amines) is 1. The van der Waals surface area contributed by atoms with Gasteiger partial charge in [-0.15, -0.1) is 0 Å². The van der Waals surface area contributed by atoms with Gasteiger partial charge < -0.3 is 14.4 Å². The van der Waals surface area contributed by atoms with E-state index in [1.165, 1.54) is 0 Å². The first kappa shape index (κ1) is 19.6. The number of aromatic nitrogens is 2. The fourth-order valence-corrected chi connectivity index (χ4v) is 4.21. The molecule has 1 aromatic carbocycles. The van der Waals surface area contributed by atoms with Crippen LogP contribution in [0.25, 0.3) is 0 Å². The molecule has 1 amide bonds. The number of hydrogen-bond acceptors (Lipinski definition) is 6. The largest absolute Gasteiger partial charge is 0.497 e. The zero-order valence-electron chi connectivity index (χ0n) is 17.4. The molecule has 0 spiro atoms. The van der Waals surface area contributed by atoms with Gasteiger partial charge in [0, 0.05) is 68.8 Å². The lowest BCUT2D eigenvalue weighted by Gasteiger charge is -2.27. The molecule has 7 heteroatoms. The van der Waals surface area contributed by atoms with Gasteiger partial charge in [0.25, 0.3) is 0 Å². The molecule has 2 aliphatic rings. The van der Waals surface area contributed by atoms with E-state index in [-0.39, 0.29) is 5.91 Å². The molecule has 1 atom stereocenters. The lowest BCUT2D eigenvalue weighted by molar-refractivity contribution is -0.129. The number of amides is 1. The Morgan fingerprint density at radius 1 is 1.24 bits per heavy atom. The van der Waals surface area contributed by atoms with Crippen molar-refractivity contribution in [2.24, 2.45) is 0 Å². The third-order valence-corrected chi connectivity index (χ3v) is 5.92. The summed E-state index contributed by atoms with van der Waals surface area (Å²) in [5.41, 5.74) is 3.33. The van der Waals surface area contributed by atoms with Crippen molar-refractivity contribution in [3.63, 3.8) is 0 Å². The van der Waals surface area contributed by atoms with Gasteiger partial charge in [-0.1, -0.05) is 6.07 Å². The summed E-state index contributed by atoms with van der Waals surface area (Å²) < 4.78 is 10.8. The number of nitrogens with zero attached hydrogens (tertiary/aromatic N) is 4. The molecule has 0 saturated carbocycles. The van der Waals surface area contributed by atoms with Crippen molar-refractivity contribution < 1.29 is 14.3 Å². The molecule has 154 valence electrons. The summed E-state index contributed by atoms with van der Waals surface area (Å²) >= 11 is 0. The van der Waals surface area contributed by atoms with Gasteiger partial charge in [-0.3, -0.25) is 9.69 Å². The number of hydrogen-bond donors (Lipinski definition) is 0. The number of carbonyl (C=O) groups excluding carboxylic acids is 1. The average molecular weight is 396 g/mol. The molecule has 1 aromatic heterocycles. The lowest BCUT2D eigenvalue weighted by Crippen LogP contribution is -2.35. The van der Waals surface area contributed by atoms with Crippen LogP contribution in [0.4, 0.5) is 0 Å². The van der Waals surface area contributed by atoms with Crippen molar-refractivity contribution in [2.45, 2.75) is 38.8 Å². The summed E-state index contributed by atoms with van der Waals surface area (Å²) in [7, 11) is 3.36. The molecule has 0 N–H and O–H groups in total. The SMILES string of the molecule is COc1ccc(CN2CC[C@H](c3ncc4c(n3)CCN(C(C)=O)C4)C2)c(OC)c1. The Labute approximate surface area is 171 Å². The maximum Gasteiger partial charge on any atom is 0.219 e. The minimum absolute atomic E-state index is 0.111. The van der Waals surface area contributed by atoms with Crippen LogP contribution in [-0.2, 0) is 24.3 Å². The fraction of sp³-hybridized carbons (Fsp3) is 0.500. The van der Waals surface area contributed by atoms with E-state index >= 15 is 0 Å². The first-order chi connectivity index (χ1) is 14.1. The second kappa shape index (κ2) is 8.37. The highest BCUT2D eigenvalue weighted by molar-refractivity contribution is 5.73. The molecule has 4 rings (SSSR count). The number of carbonyl (C=O) groups is 1. The summed E-state index contributed by atoms with van der Waals surface area (Å²) in [6.45, 7) is 5.77. The van der Waals surface area contributed by atoms with E-state index in [4.69, 9.17) is 14.5 Å². The Hall–Kier alpha value is -2.67. The molecule has 0 aliphatic carbocycles. The van der Waals surface area contributed by atoms with E-state index in [0.29, 0.717) is 12.5 Å². The van der Waals surface area contributed by atoms with Crippen molar-refractivity contribution in [1.29, 1.82) is 0 Å². The smallest absolute Gasteiger partial charge is 0.219 e.